The van der Waals surface area contributed by atoms with E-state index in [0.717, 1.165) is 26.2 Å². The summed E-state index contributed by atoms with van der Waals surface area (Å²) in [6.45, 7) is 4.60. The van der Waals surface area contributed by atoms with Gasteiger partial charge in [0.25, 0.3) is 20.2 Å². The Hall–Kier alpha value is -3.38. The Morgan fingerprint density at radius 3 is 0.889 bits per heavy atom. The molecular formula is C35H42N2O6S2. The second-order valence-electron chi connectivity index (χ2n) is 11.8. The predicted octanol–water partition coefficient (Wildman–Crippen LogP) is 5.83. The van der Waals surface area contributed by atoms with Crippen molar-refractivity contribution in [3.8, 4) is 0 Å². The van der Waals surface area contributed by atoms with Crippen molar-refractivity contribution >= 4 is 20.2 Å². The molecule has 2 aliphatic heterocycles. The molecule has 8 nitrogen and oxygen atoms in total. The van der Waals surface area contributed by atoms with Crippen molar-refractivity contribution in [1.29, 1.82) is 0 Å². The minimum Gasteiger partial charge on any atom is -0.292 e. The van der Waals surface area contributed by atoms with Crippen LogP contribution in [-0.2, 0) is 20.2 Å². The molecule has 0 amide bonds. The van der Waals surface area contributed by atoms with E-state index in [1.54, 1.807) is 0 Å². The summed E-state index contributed by atoms with van der Waals surface area (Å²) in [6, 6.07) is 45.0. The van der Waals surface area contributed by atoms with Crippen LogP contribution in [0.4, 0.5) is 0 Å². The van der Waals surface area contributed by atoms with Crippen LogP contribution in [0.5, 0.6) is 0 Å². The maximum absolute atomic E-state index is 9.19. The molecule has 2 bridgehead atoms. The fourth-order valence-electron chi connectivity index (χ4n) is 6.55. The van der Waals surface area contributed by atoms with E-state index in [1.807, 2.05) is 0 Å². The maximum Gasteiger partial charge on any atom is 0.261 e. The van der Waals surface area contributed by atoms with Crippen LogP contribution in [0.3, 0.4) is 0 Å². The highest BCUT2D eigenvalue weighted by Gasteiger charge is 2.39. The zero-order valence-electron chi connectivity index (χ0n) is 25.6. The highest BCUT2D eigenvalue weighted by molar-refractivity contribution is 7.85. The van der Waals surface area contributed by atoms with Crippen LogP contribution in [0.25, 0.3) is 0 Å². The van der Waals surface area contributed by atoms with Gasteiger partial charge in [-0.15, -0.1) is 0 Å². The number of likely N-dealkylation sites (tertiary alicyclic amines) is 2. The van der Waals surface area contributed by atoms with Gasteiger partial charge < -0.3 is 0 Å². The molecule has 4 aromatic carbocycles. The summed E-state index contributed by atoms with van der Waals surface area (Å²) in [5, 5.41) is 0. The minimum absolute atomic E-state index is 0.327. The van der Waals surface area contributed by atoms with Crippen molar-refractivity contribution in [1.82, 2.24) is 9.80 Å². The molecule has 0 unspecified atom stereocenters. The Morgan fingerprint density at radius 1 is 0.489 bits per heavy atom. The van der Waals surface area contributed by atoms with Crippen LogP contribution in [0.1, 0.15) is 40.8 Å². The largest absolute Gasteiger partial charge is 0.292 e. The van der Waals surface area contributed by atoms with Gasteiger partial charge >= 0.3 is 0 Å². The SMILES string of the molecule is CS(=O)(=O)O.CS(=O)(=O)O.c1ccc(C(c2ccccc2)N2CC3CC(C2)CN(C(c2ccccc2)c2ccccc2)C3)cc1. The van der Waals surface area contributed by atoms with Crippen LogP contribution >= 0.6 is 0 Å². The molecule has 240 valence electrons. The van der Waals surface area contributed by atoms with Crippen molar-refractivity contribution in [3.63, 3.8) is 0 Å². The van der Waals surface area contributed by atoms with Crippen LogP contribution < -0.4 is 0 Å². The lowest BCUT2D eigenvalue weighted by Crippen LogP contribution is -2.54. The third-order valence-corrected chi connectivity index (χ3v) is 7.83. The lowest BCUT2D eigenvalue weighted by atomic mass is 9.81. The number of hydrogen-bond donors (Lipinski definition) is 2. The van der Waals surface area contributed by atoms with Gasteiger partial charge in [0.2, 0.25) is 0 Å². The minimum atomic E-state index is -3.67. The molecule has 2 fully saturated rings. The molecule has 2 saturated heterocycles. The highest BCUT2D eigenvalue weighted by Crippen LogP contribution is 2.40. The smallest absolute Gasteiger partial charge is 0.261 e. The molecule has 2 aliphatic rings. The predicted molar refractivity (Wildman–Crippen MR) is 179 cm³/mol. The molecule has 0 atom stereocenters. The zero-order chi connectivity index (χ0) is 32.5. The first kappa shape index (κ1) is 34.5. The fraction of sp³-hybridized carbons (Fsp3) is 0.314. The number of hydrogen-bond acceptors (Lipinski definition) is 6. The van der Waals surface area contributed by atoms with Gasteiger partial charge in [0, 0.05) is 26.2 Å². The quantitative estimate of drug-likeness (QED) is 0.251. The van der Waals surface area contributed by atoms with E-state index in [9.17, 15) is 16.8 Å². The maximum atomic E-state index is 9.19. The van der Waals surface area contributed by atoms with Crippen LogP contribution in [0, 0.1) is 11.8 Å². The second-order valence-corrected chi connectivity index (χ2v) is 14.7. The Labute approximate surface area is 267 Å². The Kier molecular flexibility index (Phi) is 12.1. The summed E-state index contributed by atoms with van der Waals surface area (Å²) in [4.78, 5) is 5.53. The van der Waals surface area contributed by atoms with E-state index < -0.39 is 20.2 Å². The number of nitrogens with zero attached hydrogens (tertiary/aromatic N) is 2. The number of piperidine rings is 2. The second kappa shape index (κ2) is 15.8. The van der Waals surface area contributed by atoms with E-state index in [4.69, 9.17) is 9.11 Å². The first-order valence-electron chi connectivity index (χ1n) is 14.9. The number of benzene rings is 4. The molecule has 4 aromatic rings. The van der Waals surface area contributed by atoms with Crippen LogP contribution in [0.2, 0.25) is 0 Å². The van der Waals surface area contributed by atoms with Gasteiger partial charge in [-0.1, -0.05) is 121 Å². The molecule has 10 heteroatoms. The number of fused-ring (bicyclic) bond motifs is 2. The average molecular weight is 651 g/mol. The topological polar surface area (TPSA) is 115 Å². The van der Waals surface area contributed by atoms with E-state index in [2.05, 4.69) is 131 Å². The molecule has 6 rings (SSSR count). The summed E-state index contributed by atoms with van der Waals surface area (Å²) in [7, 11) is -7.33. The molecule has 0 radical (unpaired) electrons. The summed E-state index contributed by atoms with van der Waals surface area (Å²) >= 11 is 0. The normalized spacial score (nSPS) is 18.8. The summed E-state index contributed by atoms with van der Waals surface area (Å²) in [5.74, 6) is 1.37. The first-order chi connectivity index (χ1) is 21.3. The summed E-state index contributed by atoms with van der Waals surface area (Å²) in [6.07, 6.45) is 2.78. The van der Waals surface area contributed by atoms with Gasteiger partial charge in [0.15, 0.2) is 0 Å². The molecule has 0 aromatic heterocycles. The molecule has 2 N–H and O–H groups in total. The van der Waals surface area contributed by atoms with Gasteiger partial charge in [-0.3, -0.25) is 18.9 Å². The Balaban J connectivity index is 0.000000403. The molecule has 45 heavy (non-hydrogen) atoms. The van der Waals surface area contributed by atoms with E-state index in [0.29, 0.717) is 36.4 Å². The lowest BCUT2D eigenvalue weighted by molar-refractivity contribution is 0.00586. The fourth-order valence-corrected chi connectivity index (χ4v) is 6.55. The van der Waals surface area contributed by atoms with Crippen LogP contribution in [0.15, 0.2) is 121 Å². The molecule has 0 spiro atoms. The molecular weight excluding hydrogens is 609 g/mol. The average Bonchev–Trinajstić information content (AvgIpc) is 2.98. The monoisotopic (exact) mass is 650 g/mol. The first-order valence-corrected chi connectivity index (χ1v) is 18.6. The zero-order valence-corrected chi connectivity index (χ0v) is 27.3. The summed E-state index contributed by atoms with van der Waals surface area (Å²) in [5.41, 5.74) is 5.62. The highest BCUT2D eigenvalue weighted by atomic mass is 32.2. The van der Waals surface area contributed by atoms with Gasteiger partial charge in [0.1, 0.15) is 0 Å². The molecule has 0 aliphatic carbocycles. The van der Waals surface area contributed by atoms with Crippen molar-refractivity contribution < 1.29 is 25.9 Å². The van der Waals surface area contributed by atoms with Gasteiger partial charge in [-0.2, -0.15) is 16.8 Å². The van der Waals surface area contributed by atoms with Crippen molar-refractivity contribution in [2.45, 2.75) is 18.5 Å². The Morgan fingerprint density at radius 2 is 0.689 bits per heavy atom. The molecule has 0 saturated carbocycles. The lowest BCUT2D eigenvalue weighted by Gasteiger charge is -2.50. The number of rotatable bonds is 6. The standard InChI is InChI=1S/C33H34N2.2CH4O3S/c1-5-13-28(14-6-1)32(29-15-7-2-8-16-29)34-22-26-21-27(23-34)25-35(24-26)33(30-17-9-3-10-18-30)31-19-11-4-12-20-31;2*1-5(2,3)4/h1-20,26-27,32-33H,21-25H2;2*1H3,(H,2,3,4). The van der Waals surface area contributed by atoms with Gasteiger partial charge in [-0.05, 0) is 40.5 Å². The third kappa shape index (κ3) is 11.5. The molecule has 2 heterocycles. The van der Waals surface area contributed by atoms with Crippen molar-refractivity contribution in [3.05, 3.63) is 144 Å². The van der Waals surface area contributed by atoms with Crippen LogP contribution in [-0.4, -0.2) is 74.4 Å². The Bertz CT molecular complexity index is 1440. The van der Waals surface area contributed by atoms with Gasteiger partial charge in [0.05, 0.1) is 24.6 Å². The third-order valence-electron chi connectivity index (χ3n) is 7.83. The van der Waals surface area contributed by atoms with Gasteiger partial charge in [-0.25, -0.2) is 0 Å². The van der Waals surface area contributed by atoms with Crippen molar-refractivity contribution in [2.24, 2.45) is 11.8 Å². The van der Waals surface area contributed by atoms with E-state index in [-0.39, 0.29) is 0 Å². The van der Waals surface area contributed by atoms with E-state index in [1.165, 1.54) is 28.7 Å². The van der Waals surface area contributed by atoms with E-state index >= 15 is 0 Å². The summed E-state index contributed by atoms with van der Waals surface area (Å²) < 4.78 is 51.7. The van der Waals surface area contributed by atoms with Crippen molar-refractivity contribution in [2.75, 3.05) is 38.7 Å².